The molecule has 0 saturated carbocycles. The number of amides is 2. The maximum absolute atomic E-state index is 13.7. The van der Waals surface area contributed by atoms with Crippen molar-refractivity contribution >= 4 is 28.9 Å². The second-order valence-electron chi connectivity index (χ2n) is 9.19. The van der Waals surface area contributed by atoms with Crippen LogP contribution in [0.1, 0.15) is 26.3 Å². The van der Waals surface area contributed by atoms with Gasteiger partial charge in [-0.1, -0.05) is 68.4 Å². The third kappa shape index (κ3) is 3.24. The van der Waals surface area contributed by atoms with Crippen LogP contribution in [-0.2, 0) is 15.0 Å². The molecule has 0 spiro atoms. The molecular formula is C29H27N3O2. The number of nitrogens with zero attached hydrogens (tertiary/aromatic N) is 3. The fourth-order valence-electron chi connectivity index (χ4n) is 4.96. The van der Waals surface area contributed by atoms with Crippen molar-refractivity contribution < 1.29 is 9.59 Å². The highest BCUT2D eigenvalue weighted by molar-refractivity contribution is 6.36. The highest BCUT2D eigenvalue weighted by Crippen LogP contribution is 2.47. The van der Waals surface area contributed by atoms with Gasteiger partial charge in [0.05, 0.1) is 11.4 Å². The molecule has 3 aromatic carbocycles. The summed E-state index contributed by atoms with van der Waals surface area (Å²) in [5.74, 6) is -0.657. The minimum atomic E-state index is -0.328. The molecule has 2 heterocycles. The Morgan fingerprint density at radius 1 is 0.735 bits per heavy atom. The monoisotopic (exact) mass is 449 g/mol. The largest absolute Gasteiger partial charge is 0.347 e. The van der Waals surface area contributed by atoms with Crippen LogP contribution < -0.4 is 14.9 Å². The van der Waals surface area contributed by atoms with Crippen LogP contribution in [0.3, 0.4) is 0 Å². The van der Waals surface area contributed by atoms with Crippen molar-refractivity contribution in [2.75, 3.05) is 22.0 Å². The maximum atomic E-state index is 13.7. The van der Waals surface area contributed by atoms with Crippen LogP contribution in [0.25, 0.3) is 0 Å². The number of fused-ring (bicyclic) bond motifs is 1. The van der Waals surface area contributed by atoms with Crippen molar-refractivity contribution in [3.8, 4) is 0 Å². The van der Waals surface area contributed by atoms with Gasteiger partial charge in [-0.15, -0.1) is 0 Å². The van der Waals surface area contributed by atoms with E-state index < -0.39 is 0 Å². The molecule has 1 fully saturated rings. The Balaban J connectivity index is 1.64. The number of hydrogen-bond acceptors (Lipinski definition) is 3. The van der Waals surface area contributed by atoms with Gasteiger partial charge in [0.1, 0.15) is 5.57 Å². The fraction of sp³-hybridized carbons (Fsp3) is 0.172. The van der Waals surface area contributed by atoms with E-state index in [1.165, 1.54) is 15.6 Å². The summed E-state index contributed by atoms with van der Waals surface area (Å²) in [5, 5.41) is 2.93. The number of carbonyl (C=O) groups is 2. The van der Waals surface area contributed by atoms with E-state index in [4.69, 9.17) is 0 Å². The van der Waals surface area contributed by atoms with Gasteiger partial charge >= 0.3 is 0 Å². The maximum Gasteiger partial charge on any atom is 0.283 e. The standard InChI is InChI=1S/C29H27N3O2/c1-20(19-25-29(2,3)23-17-11-12-18-24(23)30(25)4)26-27(33)31(21-13-7-5-8-14-21)32(28(26)34)22-15-9-6-10-16-22/h5-19H,1-4H3/b25-19-. The molecule has 2 amide bonds. The zero-order chi connectivity index (χ0) is 24.0. The Bertz CT molecular complexity index is 1280. The number of benzene rings is 3. The van der Waals surface area contributed by atoms with Crippen molar-refractivity contribution in [2.45, 2.75) is 26.2 Å². The lowest BCUT2D eigenvalue weighted by Crippen LogP contribution is -2.41. The van der Waals surface area contributed by atoms with Gasteiger partial charge in [-0.25, -0.2) is 10.0 Å². The first-order chi connectivity index (χ1) is 16.3. The van der Waals surface area contributed by atoms with Crippen molar-refractivity contribution in [3.05, 3.63) is 113 Å². The molecule has 0 radical (unpaired) electrons. The van der Waals surface area contributed by atoms with Gasteiger partial charge in [-0.2, -0.15) is 0 Å². The van der Waals surface area contributed by atoms with E-state index in [1.807, 2.05) is 92.8 Å². The second-order valence-corrected chi connectivity index (χ2v) is 9.19. The van der Waals surface area contributed by atoms with E-state index in [0.717, 1.165) is 11.4 Å². The first kappa shape index (κ1) is 21.7. The van der Waals surface area contributed by atoms with Crippen LogP contribution >= 0.6 is 0 Å². The topological polar surface area (TPSA) is 43.9 Å². The lowest BCUT2D eigenvalue weighted by molar-refractivity contribution is -0.116. The number of hydrogen-bond donors (Lipinski definition) is 0. The third-order valence-electron chi connectivity index (χ3n) is 6.70. The number of hydrazine groups is 1. The summed E-state index contributed by atoms with van der Waals surface area (Å²) in [6, 6.07) is 26.9. The van der Waals surface area contributed by atoms with E-state index in [1.54, 1.807) is 0 Å². The quantitative estimate of drug-likeness (QED) is 0.386. The number of anilines is 3. The van der Waals surface area contributed by atoms with Gasteiger partial charge in [0.15, 0.2) is 0 Å². The number of allylic oxidation sites excluding steroid dienone is 3. The van der Waals surface area contributed by atoms with Crippen molar-refractivity contribution in [2.24, 2.45) is 0 Å². The number of carbonyl (C=O) groups excluding carboxylic acids is 2. The fourth-order valence-corrected chi connectivity index (χ4v) is 4.96. The predicted octanol–water partition coefficient (Wildman–Crippen LogP) is 5.61. The van der Waals surface area contributed by atoms with Gasteiger partial charge in [0.25, 0.3) is 11.8 Å². The molecule has 5 heteroatoms. The van der Waals surface area contributed by atoms with E-state index in [-0.39, 0.29) is 22.8 Å². The molecule has 2 aliphatic heterocycles. The van der Waals surface area contributed by atoms with Crippen LogP contribution in [-0.4, -0.2) is 18.9 Å². The molecule has 0 aliphatic carbocycles. The number of likely N-dealkylation sites (N-methyl/N-ethyl adjacent to an activating group) is 1. The van der Waals surface area contributed by atoms with Crippen LogP contribution in [0.15, 0.2) is 108 Å². The van der Waals surface area contributed by atoms with Crippen molar-refractivity contribution in [1.82, 2.24) is 0 Å². The average Bonchev–Trinajstić information content (AvgIpc) is 3.22. The van der Waals surface area contributed by atoms with Gasteiger partial charge in [-0.05, 0) is 54.5 Å². The predicted molar refractivity (Wildman–Crippen MR) is 137 cm³/mol. The van der Waals surface area contributed by atoms with E-state index in [9.17, 15) is 9.59 Å². The lowest BCUT2D eigenvalue weighted by Gasteiger charge is -2.27. The highest BCUT2D eigenvalue weighted by atomic mass is 16.2. The Morgan fingerprint density at radius 2 is 1.21 bits per heavy atom. The molecule has 0 unspecified atom stereocenters. The van der Waals surface area contributed by atoms with Gasteiger partial charge in [0.2, 0.25) is 0 Å². The summed E-state index contributed by atoms with van der Waals surface area (Å²) in [6.07, 6.45) is 1.99. The van der Waals surface area contributed by atoms with Crippen molar-refractivity contribution in [1.29, 1.82) is 0 Å². The molecule has 0 bridgehead atoms. The van der Waals surface area contributed by atoms with Crippen LogP contribution in [0.2, 0.25) is 0 Å². The molecule has 0 aromatic heterocycles. The molecule has 170 valence electrons. The van der Waals surface area contributed by atoms with Crippen LogP contribution in [0, 0.1) is 0 Å². The molecule has 5 nitrogen and oxygen atoms in total. The first-order valence-electron chi connectivity index (χ1n) is 11.4. The highest BCUT2D eigenvalue weighted by Gasteiger charge is 2.44. The minimum absolute atomic E-state index is 0.181. The molecule has 34 heavy (non-hydrogen) atoms. The van der Waals surface area contributed by atoms with E-state index >= 15 is 0 Å². The molecule has 3 aromatic rings. The van der Waals surface area contributed by atoms with E-state index in [2.05, 4.69) is 30.9 Å². The minimum Gasteiger partial charge on any atom is -0.347 e. The molecular weight excluding hydrogens is 422 g/mol. The molecule has 0 atom stereocenters. The molecule has 0 N–H and O–H groups in total. The summed E-state index contributed by atoms with van der Waals surface area (Å²) < 4.78 is 0. The number of para-hydroxylation sites is 3. The summed E-state index contributed by atoms with van der Waals surface area (Å²) in [6.45, 7) is 6.19. The summed E-state index contributed by atoms with van der Waals surface area (Å²) in [4.78, 5) is 29.6. The number of rotatable bonds is 3. The summed E-state index contributed by atoms with van der Waals surface area (Å²) in [5.41, 5.74) is 5.27. The third-order valence-corrected chi connectivity index (χ3v) is 6.70. The Morgan fingerprint density at radius 3 is 1.71 bits per heavy atom. The van der Waals surface area contributed by atoms with Gasteiger partial charge < -0.3 is 4.90 Å². The average molecular weight is 450 g/mol. The normalized spacial score (nSPS) is 18.2. The molecule has 2 aliphatic rings. The smallest absolute Gasteiger partial charge is 0.283 e. The Kier molecular flexibility index (Phi) is 5.13. The molecule has 5 rings (SSSR count). The second kappa shape index (κ2) is 8.03. The van der Waals surface area contributed by atoms with Crippen LogP contribution in [0.4, 0.5) is 17.1 Å². The zero-order valence-electron chi connectivity index (χ0n) is 19.8. The van der Waals surface area contributed by atoms with Gasteiger partial charge in [0, 0.05) is 23.8 Å². The summed E-state index contributed by atoms with van der Waals surface area (Å²) in [7, 11) is 2.03. The molecule has 1 saturated heterocycles. The SMILES string of the molecule is CC(/C=C1\N(C)c2ccccc2C1(C)C)=C1C(=O)N(c2ccccc2)N(c2ccccc2)C1=O. The van der Waals surface area contributed by atoms with Gasteiger partial charge in [-0.3, -0.25) is 9.59 Å². The first-order valence-corrected chi connectivity index (χ1v) is 11.4. The van der Waals surface area contributed by atoms with E-state index in [0.29, 0.717) is 16.9 Å². The summed E-state index contributed by atoms with van der Waals surface area (Å²) >= 11 is 0. The van der Waals surface area contributed by atoms with Crippen molar-refractivity contribution in [3.63, 3.8) is 0 Å². The Labute approximate surface area is 200 Å². The Hall–Kier alpha value is -4.12. The lowest BCUT2D eigenvalue weighted by atomic mass is 9.83. The van der Waals surface area contributed by atoms with Crippen LogP contribution in [0.5, 0.6) is 0 Å². The zero-order valence-corrected chi connectivity index (χ0v) is 19.8.